The highest BCUT2D eigenvalue weighted by molar-refractivity contribution is 5.79. The molecule has 0 aromatic rings. The first kappa shape index (κ1) is 20.0. The molecule has 6 heteroatoms. The number of carbonyl (C=O) groups excluding carboxylic acids is 1. The first-order valence-corrected chi connectivity index (χ1v) is 10.2. The summed E-state index contributed by atoms with van der Waals surface area (Å²) in [6.45, 7) is 6.92. The van der Waals surface area contributed by atoms with E-state index in [2.05, 4.69) is 22.5 Å². The van der Waals surface area contributed by atoms with Crippen LogP contribution in [0.15, 0.2) is 4.99 Å². The standard InChI is InChI=1S/C19H36N4O2/c1-2-20-19(21-12-8-15-23-14-7-11-18(23)24)22-13-16-25-17-9-5-3-4-6-10-17/h17H,2-16H2,1H3,(H2,20,21,22). The number of guanidine groups is 1. The minimum absolute atomic E-state index is 0.296. The van der Waals surface area contributed by atoms with Gasteiger partial charge in [0, 0.05) is 39.1 Å². The Morgan fingerprint density at radius 2 is 2.00 bits per heavy atom. The Bertz CT molecular complexity index is 406. The van der Waals surface area contributed by atoms with E-state index >= 15 is 0 Å². The van der Waals surface area contributed by atoms with Crippen LogP contribution in [0.2, 0.25) is 0 Å². The van der Waals surface area contributed by atoms with Crippen molar-refractivity contribution in [2.75, 3.05) is 39.3 Å². The summed E-state index contributed by atoms with van der Waals surface area (Å²) in [6.07, 6.45) is 10.8. The van der Waals surface area contributed by atoms with E-state index in [9.17, 15) is 4.79 Å². The Morgan fingerprint density at radius 3 is 2.68 bits per heavy atom. The summed E-state index contributed by atoms with van der Waals surface area (Å²) in [7, 11) is 0. The fourth-order valence-corrected chi connectivity index (χ4v) is 3.54. The molecular weight excluding hydrogens is 316 g/mol. The third kappa shape index (κ3) is 8.08. The van der Waals surface area contributed by atoms with Crippen LogP contribution >= 0.6 is 0 Å². The monoisotopic (exact) mass is 352 g/mol. The molecule has 2 aliphatic rings. The largest absolute Gasteiger partial charge is 0.376 e. The van der Waals surface area contributed by atoms with Crippen molar-refractivity contribution in [1.82, 2.24) is 15.5 Å². The van der Waals surface area contributed by atoms with E-state index in [1.807, 2.05) is 4.90 Å². The van der Waals surface area contributed by atoms with Gasteiger partial charge in [-0.25, -0.2) is 0 Å². The molecule has 0 spiro atoms. The maximum Gasteiger partial charge on any atom is 0.222 e. The zero-order chi connectivity index (χ0) is 17.7. The molecule has 0 aromatic heterocycles. The Kier molecular flexibility index (Phi) is 9.70. The number of nitrogens with zero attached hydrogens (tertiary/aromatic N) is 2. The van der Waals surface area contributed by atoms with Crippen LogP contribution in [0.5, 0.6) is 0 Å². The van der Waals surface area contributed by atoms with Crippen molar-refractivity contribution in [3.8, 4) is 0 Å². The van der Waals surface area contributed by atoms with Gasteiger partial charge < -0.3 is 20.3 Å². The molecule has 25 heavy (non-hydrogen) atoms. The lowest BCUT2D eigenvalue weighted by atomic mass is 10.1. The number of aliphatic imine (C=N–C) groups is 1. The lowest BCUT2D eigenvalue weighted by molar-refractivity contribution is -0.127. The van der Waals surface area contributed by atoms with Gasteiger partial charge in [-0.05, 0) is 32.6 Å². The molecule has 1 aliphatic carbocycles. The summed E-state index contributed by atoms with van der Waals surface area (Å²) in [5.41, 5.74) is 0. The first-order chi connectivity index (χ1) is 12.3. The molecule has 0 aromatic carbocycles. The highest BCUT2D eigenvalue weighted by atomic mass is 16.5. The van der Waals surface area contributed by atoms with Gasteiger partial charge in [-0.1, -0.05) is 25.7 Å². The molecule has 1 amide bonds. The third-order valence-corrected chi connectivity index (χ3v) is 4.92. The molecule has 2 N–H and O–H groups in total. The van der Waals surface area contributed by atoms with E-state index in [1.54, 1.807) is 0 Å². The van der Waals surface area contributed by atoms with E-state index in [0.29, 0.717) is 18.4 Å². The minimum Gasteiger partial charge on any atom is -0.376 e. The summed E-state index contributed by atoms with van der Waals surface area (Å²) in [4.78, 5) is 18.1. The fourth-order valence-electron chi connectivity index (χ4n) is 3.54. The molecule has 1 saturated heterocycles. The molecule has 0 atom stereocenters. The van der Waals surface area contributed by atoms with Gasteiger partial charge in [0.15, 0.2) is 5.96 Å². The van der Waals surface area contributed by atoms with Gasteiger partial charge in [0.2, 0.25) is 5.91 Å². The van der Waals surface area contributed by atoms with Crippen molar-refractivity contribution in [2.24, 2.45) is 4.99 Å². The second-order valence-electron chi connectivity index (χ2n) is 7.01. The average Bonchev–Trinajstić information content (AvgIpc) is 2.85. The van der Waals surface area contributed by atoms with E-state index < -0.39 is 0 Å². The van der Waals surface area contributed by atoms with E-state index in [0.717, 1.165) is 58.1 Å². The first-order valence-electron chi connectivity index (χ1n) is 10.2. The van der Waals surface area contributed by atoms with Crippen LogP contribution in [0.25, 0.3) is 0 Å². The number of nitrogens with one attached hydrogen (secondary N) is 2. The molecule has 2 rings (SSSR count). The average molecular weight is 353 g/mol. The van der Waals surface area contributed by atoms with E-state index in [-0.39, 0.29) is 0 Å². The molecule has 144 valence electrons. The summed E-state index contributed by atoms with van der Waals surface area (Å²) in [5, 5.41) is 6.62. The minimum atomic E-state index is 0.296. The normalized spacial score (nSPS) is 20.0. The number of amides is 1. The van der Waals surface area contributed by atoms with Crippen LogP contribution in [0, 0.1) is 0 Å². The topological polar surface area (TPSA) is 66.0 Å². The van der Waals surface area contributed by atoms with Gasteiger partial charge >= 0.3 is 0 Å². The maximum absolute atomic E-state index is 11.6. The number of carbonyl (C=O) groups is 1. The van der Waals surface area contributed by atoms with Crippen molar-refractivity contribution in [3.05, 3.63) is 0 Å². The highest BCUT2D eigenvalue weighted by Gasteiger charge is 2.18. The second-order valence-corrected chi connectivity index (χ2v) is 7.01. The van der Waals surface area contributed by atoms with Crippen LogP contribution in [0.3, 0.4) is 0 Å². The molecule has 2 fully saturated rings. The lowest BCUT2D eigenvalue weighted by Gasteiger charge is -2.17. The molecule has 6 nitrogen and oxygen atoms in total. The smallest absolute Gasteiger partial charge is 0.222 e. The molecule has 1 aliphatic heterocycles. The third-order valence-electron chi connectivity index (χ3n) is 4.92. The lowest BCUT2D eigenvalue weighted by Crippen LogP contribution is -2.39. The quantitative estimate of drug-likeness (QED) is 0.289. The molecule has 1 heterocycles. The molecular formula is C19H36N4O2. The zero-order valence-corrected chi connectivity index (χ0v) is 15.9. The van der Waals surface area contributed by atoms with Crippen LogP contribution in [0.4, 0.5) is 0 Å². The van der Waals surface area contributed by atoms with E-state index in [1.165, 1.54) is 38.5 Å². The summed E-state index contributed by atoms with van der Waals surface area (Å²) in [5.74, 6) is 1.14. The second kappa shape index (κ2) is 12.1. The number of likely N-dealkylation sites (tertiary alicyclic amines) is 1. The predicted octanol–water partition coefficient (Wildman–Crippen LogP) is 2.29. The number of ether oxygens (including phenoxy) is 1. The molecule has 0 unspecified atom stereocenters. The van der Waals surface area contributed by atoms with E-state index in [4.69, 9.17) is 4.74 Å². The van der Waals surface area contributed by atoms with Crippen LogP contribution < -0.4 is 10.6 Å². The highest BCUT2D eigenvalue weighted by Crippen LogP contribution is 2.19. The molecule has 0 radical (unpaired) electrons. The Hall–Kier alpha value is -1.30. The Balaban J connectivity index is 1.59. The van der Waals surface area contributed by atoms with Crippen LogP contribution in [0.1, 0.15) is 64.7 Å². The Labute approximate surface area is 152 Å². The van der Waals surface area contributed by atoms with Crippen LogP contribution in [-0.4, -0.2) is 62.2 Å². The van der Waals surface area contributed by atoms with Crippen molar-refractivity contribution < 1.29 is 9.53 Å². The molecule has 0 bridgehead atoms. The zero-order valence-electron chi connectivity index (χ0n) is 15.9. The van der Waals surface area contributed by atoms with Crippen LogP contribution in [-0.2, 0) is 9.53 Å². The van der Waals surface area contributed by atoms with Crippen molar-refractivity contribution in [2.45, 2.75) is 70.8 Å². The SMILES string of the molecule is CCNC(=NCCCN1CCCC1=O)NCCOC1CCCCCC1. The fraction of sp³-hybridized carbons (Fsp3) is 0.895. The number of rotatable bonds is 9. The van der Waals surface area contributed by atoms with Gasteiger partial charge in [-0.2, -0.15) is 0 Å². The number of hydrogen-bond donors (Lipinski definition) is 2. The van der Waals surface area contributed by atoms with Gasteiger partial charge in [-0.3, -0.25) is 9.79 Å². The summed E-state index contributed by atoms with van der Waals surface area (Å²) >= 11 is 0. The Morgan fingerprint density at radius 1 is 1.20 bits per heavy atom. The van der Waals surface area contributed by atoms with Crippen molar-refractivity contribution in [1.29, 1.82) is 0 Å². The summed E-state index contributed by atoms with van der Waals surface area (Å²) in [6, 6.07) is 0. The number of hydrogen-bond acceptors (Lipinski definition) is 3. The predicted molar refractivity (Wildman–Crippen MR) is 102 cm³/mol. The van der Waals surface area contributed by atoms with Gasteiger partial charge in [0.1, 0.15) is 0 Å². The van der Waals surface area contributed by atoms with Gasteiger partial charge in [0.05, 0.1) is 12.7 Å². The maximum atomic E-state index is 11.6. The van der Waals surface area contributed by atoms with Gasteiger partial charge in [0.25, 0.3) is 0 Å². The molecule has 1 saturated carbocycles. The summed E-state index contributed by atoms with van der Waals surface area (Å²) < 4.78 is 6.01. The van der Waals surface area contributed by atoms with Gasteiger partial charge in [-0.15, -0.1) is 0 Å². The van der Waals surface area contributed by atoms with Crippen molar-refractivity contribution >= 4 is 11.9 Å². The van der Waals surface area contributed by atoms with Crippen molar-refractivity contribution in [3.63, 3.8) is 0 Å².